The molecule has 116 valence electrons. The average Bonchev–Trinajstić information content (AvgIpc) is 2.43. The van der Waals surface area contributed by atoms with Crippen LogP contribution in [0.15, 0.2) is 0 Å². The van der Waals surface area contributed by atoms with Gasteiger partial charge in [-0.25, -0.2) is 0 Å². The van der Waals surface area contributed by atoms with Gasteiger partial charge in [0.1, 0.15) is 0 Å². The maximum absolute atomic E-state index is 2.35. The van der Waals surface area contributed by atoms with Gasteiger partial charge in [0.05, 0.1) is 0 Å². The highest BCUT2D eigenvalue weighted by molar-refractivity contribution is 8.28. The lowest BCUT2D eigenvalue weighted by molar-refractivity contribution is 2.22. The second-order valence-electron chi connectivity index (χ2n) is 3.15. The molecule has 0 aliphatic carbocycles. The van der Waals surface area contributed by atoms with Gasteiger partial charge in [-0.3, -0.25) is 0 Å². The molecule has 12 atom stereocenters. The van der Waals surface area contributed by atoms with Crippen LogP contribution >= 0.6 is 99.2 Å². The Kier molecular flexibility index (Phi) is 29.4. The first-order chi connectivity index (χ1) is 9.41. The van der Waals surface area contributed by atoms with Gasteiger partial charge in [0.15, 0.2) is 0 Å². The highest BCUT2D eigenvalue weighted by Gasteiger charge is 1.92. The van der Waals surface area contributed by atoms with Gasteiger partial charge in [-0.15, -0.1) is 16.5 Å². The SMILES string of the molecule is CPPCPPCPPCPPCPPCPPC. The van der Waals surface area contributed by atoms with Gasteiger partial charge in [-0.2, -0.15) is 0 Å². The molecule has 0 heterocycles. The molecule has 0 aliphatic rings. The Morgan fingerprint density at radius 1 is 0.368 bits per heavy atom. The first-order valence-corrected chi connectivity index (χ1v) is 27.1. The van der Waals surface area contributed by atoms with E-state index in [-0.39, 0.29) is 0 Å². The van der Waals surface area contributed by atoms with Crippen molar-refractivity contribution in [2.24, 2.45) is 0 Å². The van der Waals surface area contributed by atoms with E-state index in [0.717, 1.165) is 0 Å². The fourth-order valence-corrected chi connectivity index (χ4v) is 36.2. The molecule has 19 heavy (non-hydrogen) atoms. The van der Waals surface area contributed by atoms with Crippen LogP contribution in [0.2, 0.25) is 0 Å². The average molecular weight is 484 g/mol. The minimum atomic E-state index is 1.22. The zero-order chi connectivity index (χ0) is 14.0. The second-order valence-corrected chi connectivity index (χ2v) is 28.4. The van der Waals surface area contributed by atoms with Gasteiger partial charge < -0.3 is 0 Å². The summed E-state index contributed by atoms with van der Waals surface area (Å²) < 4.78 is 0. The molecule has 0 aromatic heterocycles. The summed E-state index contributed by atoms with van der Waals surface area (Å²) in [6.07, 6.45) is 0. The third-order valence-electron chi connectivity index (χ3n) is 1.74. The molecule has 0 nitrogen and oxygen atoms in total. The predicted octanol–water partition coefficient (Wildman–Crippen LogP) is 7.67. The van der Waals surface area contributed by atoms with Crippen molar-refractivity contribution in [1.82, 2.24) is 0 Å². The van der Waals surface area contributed by atoms with Gasteiger partial charge >= 0.3 is 0 Å². The second kappa shape index (κ2) is 23.2. The molecule has 12 unspecified atom stereocenters. The zero-order valence-corrected chi connectivity index (χ0v) is 23.5. The van der Waals surface area contributed by atoms with Crippen molar-refractivity contribution in [3.8, 4) is 0 Å². The van der Waals surface area contributed by atoms with Crippen LogP contribution in [0.25, 0.3) is 0 Å². The molecule has 0 radical (unpaired) electrons. The topological polar surface area (TPSA) is 0 Å². The number of hydrogen-bond acceptors (Lipinski definition) is 0. The van der Waals surface area contributed by atoms with Gasteiger partial charge in [0, 0.05) is 0 Å². The largest absolute Gasteiger partial charge is 0.102 e. The molecule has 0 saturated heterocycles. The van der Waals surface area contributed by atoms with Gasteiger partial charge in [-0.1, -0.05) is 82.7 Å². The van der Waals surface area contributed by atoms with E-state index in [2.05, 4.69) is 13.3 Å². The lowest BCUT2D eigenvalue weighted by atomic mass is 11.9. The quantitative estimate of drug-likeness (QED) is 0.156. The molecule has 0 aromatic carbocycles. The minimum absolute atomic E-state index is 1.22. The van der Waals surface area contributed by atoms with Crippen LogP contribution in [0.5, 0.6) is 0 Å². The molecule has 0 aliphatic heterocycles. The smallest absolute Gasteiger partial charge is 0.0102 e. The number of hydrogen-bond donors (Lipinski definition) is 0. The Morgan fingerprint density at radius 3 is 0.789 bits per heavy atom. The monoisotopic (exact) mass is 484 g/mol. The van der Waals surface area contributed by atoms with Crippen LogP contribution in [0, 0.1) is 0 Å². The molecule has 0 bridgehead atoms. The van der Waals surface area contributed by atoms with E-state index >= 15 is 0 Å². The first kappa shape index (κ1) is 24.2. The third kappa shape index (κ3) is 23.2. The molecule has 0 fully saturated rings. The molecule has 12 heteroatoms. The Labute approximate surface area is 141 Å². The van der Waals surface area contributed by atoms with E-state index in [1.165, 1.54) is 99.2 Å². The highest BCUT2D eigenvalue weighted by Crippen LogP contribution is 2.57. The summed E-state index contributed by atoms with van der Waals surface area (Å²) in [5.74, 6) is 7.89. The third-order valence-corrected chi connectivity index (χ3v) is 31.5. The molecular weight excluding hydrogens is 456 g/mol. The van der Waals surface area contributed by atoms with Crippen molar-refractivity contribution < 1.29 is 0 Å². The van der Waals surface area contributed by atoms with Crippen LogP contribution in [0.4, 0.5) is 0 Å². The summed E-state index contributed by atoms with van der Waals surface area (Å²) >= 11 is 0. The van der Waals surface area contributed by atoms with Crippen molar-refractivity contribution in [3.05, 3.63) is 0 Å². The Bertz CT molecular complexity index is 141. The summed E-state index contributed by atoms with van der Waals surface area (Å²) in [6.45, 7) is 4.70. The standard InChI is InChI=1S/C7H28P12/c1-8-10-3-12-14-5-16-18-7-19-17-6-15-13-4-11-9-2/h8-19H,3-7H2,1-2H3. The predicted molar refractivity (Wildman–Crippen MR) is 136 cm³/mol. The Morgan fingerprint density at radius 2 is 0.579 bits per heavy atom. The highest BCUT2D eigenvalue weighted by atomic mass is 32.1. The van der Waals surface area contributed by atoms with E-state index in [0.29, 0.717) is 0 Å². The van der Waals surface area contributed by atoms with Crippen molar-refractivity contribution in [2.45, 2.75) is 0 Å². The Hall–Kier alpha value is 5.16. The first-order valence-electron chi connectivity index (χ1n) is 6.04. The van der Waals surface area contributed by atoms with Crippen LogP contribution in [0.3, 0.4) is 0 Å². The molecule has 0 aromatic rings. The summed E-state index contributed by atoms with van der Waals surface area (Å²) in [7, 11) is 15.6. The van der Waals surface area contributed by atoms with Crippen molar-refractivity contribution in [2.75, 3.05) is 42.8 Å². The fraction of sp³-hybridized carbons (Fsp3) is 1.00. The van der Waals surface area contributed by atoms with E-state index < -0.39 is 0 Å². The normalized spacial score (nSPS) is 18.6. The minimum Gasteiger partial charge on any atom is -0.102 e. The number of rotatable bonds is 16. The van der Waals surface area contributed by atoms with Crippen LogP contribution in [-0.2, 0) is 0 Å². The van der Waals surface area contributed by atoms with E-state index in [9.17, 15) is 0 Å². The van der Waals surface area contributed by atoms with Crippen molar-refractivity contribution in [1.29, 1.82) is 0 Å². The van der Waals surface area contributed by atoms with Crippen molar-refractivity contribution in [3.63, 3.8) is 0 Å². The lowest BCUT2D eigenvalue weighted by Gasteiger charge is -2.04. The summed E-state index contributed by atoms with van der Waals surface area (Å²) in [4.78, 5) is 0. The molecule has 0 saturated carbocycles. The molecular formula is C7H28P12. The summed E-state index contributed by atoms with van der Waals surface area (Å²) in [5, 5.41) is 0. The molecule has 0 N–H and O–H groups in total. The zero-order valence-electron chi connectivity index (χ0n) is 11.5. The summed E-state index contributed by atoms with van der Waals surface area (Å²) in [6, 6.07) is 0. The summed E-state index contributed by atoms with van der Waals surface area (Å²) in [5.41, 5.74) is 0. The maximum atomic E-state index is 2.35. The fourth-order valence-electron chi connectivity index (χ4n) is 0.898. The molecule has 0 amide bonds. The van der Waals surface area contributed by atoms with Crippen LogP contribution in [0.1, 0.15) is 0 Å². The Balaban J connectivity index is 2.88. The van der Waals surface area contributed by atoms with Crippen LogP contribution in [-0.4, -0.2) is 42.8 Å². The lowest BCUT2D eigenvalue weighted by Crippen LogP contribution is -1.56. The van der Waals surface area contributed by atoms with Crippen molar-refractivity contribution >= 4 is 99.2 Å². The molecule has 0 rings (SSSR count). The van der Waals surface area contributed by atoms with E-state index in [1.54, 1.807) is 29.5 Å². The van der Waals surface area contributed by atoms with Gasteiger partial charge in [0.25, 0.3) is 0 Å². The maximum Gasteiger partial charge on any atom is -0.0102 e. The van der Waals surface area contributed by atoms with Gasteiger partial charge in [0.2, 0.25) is 0 Å². The molecule has 0 spiro atoms. The van der Waals surface area contributed by atoms with E-state index in [4.69, 9.17) is 0 Å². The van der Waals surface area contributed by atoms with Gasteiger partial charge in [-0.05, 0) is 42.8 Å². The van der Waals surface area contributed by atoms with Crippen LogP contribution < -0.4 is 0 Å². The van der Waals surface area contributed by atoms with E-state index in [1.807, 2.05) is 0 Å².